The van der Waals surface area contributed by atoms with Gasteiger partial charge in [-0.3, -0.25) is 19.3 Å². The second kappa shape index (κ2) is 6.62. The molecule has 1 aromatic rings. The fraction of sp³-hybridized carbons (Fsp3) is 0.333. The molecule has 3 rings (SSSR count). The summed E-state index contributed by atoms with van der Waals surface area (Å²) in [5, 5.41) is 2.68. The highest BCUT2D eigenvalue weighted by Crippen LogP contribution is 2.43. The fourth-order valence-electron chi connectivity index (χ4n) is 3.44. The first kappa shape index (κ1) is 17.7. The van der Waals surface area contributed by atoms with Crippen molar-refractivity contribution < 1.29 is 23.9 Å². The zero-order valence-electron chi connectivity index (χ0n) is 14.5. The first-order chi connectivity index (χ1) is 12.4. The van der Waals surface area contributed by atoms with Gasteiger partial charge in [-0.2, -0.15) is 0 Å². The number of likely N-dealkylation sites (N-methyl/N-ethyl adjacent to an activating group) is 1. The number of anilines is 1. The fourth-order valence-corrected chi connectivity index (χ4v) is 3.44. The predicted octanol–water partition coefficient (Wildman–Crippen LogP) is 0.441. The number of para-hydroxylation sites is 1. The van der Waals surface area contributed by atoms with Crippen molar-refractivity contribution in [1.82, 2.24) is 10.2 Å². The number of rotatable bonds is 4. The number of hydrogen-bond donors (Lipinski definition) is 1. The average molecular weight is 357 g/mol. The van der Waals surface area contributed by atoms with Gasteiger partial charge >= 0.3 is 5.97 Å². The van der Waals surface area contributed by atoms with Gasteiger partial charge in [-0.05, 0) is 12.1 Å². The highest BCUT2D eigenvalue weighted by atomic mass is 16.5. The van der Waals surface area contributed by atoms with Crippen molar-refractivity contribution in [2.45, 2.75) is 18.5 Å². The van der Waals surface area contributed by atoms with Crippen LogP contribution in [0, 0.1) is 0 Å². The van der Waals surface area contributed by atoms with Gasteiger partial charge < -0.3 is 15.0 Å². The number of carbonyl (C=O) groups is 4. The normalized spacial score (nSPS) is 21.6. The molecule has 0 radical (unpaired) electrons. The van der Waals surface area contributed by atoms with Crippen LogP contribution in [0.5, 0.6) is 0 Å². The van der Waals surface area contributed by atoms with E-state index in [1.165, 1.54) is 36.1 Å². The van der Waals surface area contributed by atoms with Crippen molar-refractivity contribution in [3.8, 4) is 0 Å². The first-order valence-corrected chi connectivity index (χ1v) is 8.16. The van der Waals surface area contributed by atoms with E-state index in [4.69, 9.17) is 0 Å². The Morgan fingerprint density at radius 2 is 2.04 bits per heavy atom. The first-order valence-electron chi connectivity index (χ1n) is 8.16. The van der Waals surface area contributed by atoms with E-state index < -0.39 is 17.5 Å². The monoisotopic (exact) mass is 357 g/mol. The number of carbonyl (C=O) groups excluding carboxylic acids is 4. The van der Waals surface area contributed by atoms with E-state index >= 15 is 0 Å². The molecule has 1 unspecified atom stereocenters. The van der Waals surface area contributed by atoms with Gasteiger partial charge in [0.1, 0.15) is 0 Å². The minimum Gasteiger partial charge on any atom is -0.466 e. The summed E-state index contributed by atoms with van der Waals surface area (Å²) >= 11 is 0. The second-order valence-electron chi connectivity index (χ2n) is 6.06. The molecule has 1 saturated heterocycles. The van der Waals surface area contributed by atoms with E-state index in [2.05, 4.69) is 10.1 Å². The number of esters is 1. The van der Waals surface area contributed by atoms with E-state index in [0.29, 0.717) is 11.3 Å². The van der Waals surface area contributed by atoms with Gasteiger partial charge in [0.15, 0.2) is 0 Å². The maximum Gasteiger partial charge on any atom is 0.330 e. The maximum atomic E-state index is 13.0. The summed E-state index contributed by atoms with van der Waals surface area (Å²) in [6, 6.07) is 6.75. The van der Waals surface area contributed by atoms with Crippen LogP contribution in [-0.2, 0) is 19.1 Å². The number of nitrogens with one attached hydrogen (secondary N) is 1. The molecule has 26 heavy (non-hydrogen) atoms. The minimum absolute atomic E-state index is 0.0708. The molecule has 2 aliphatic heterocycles. The summed E-state index contributed by atoms with van der Waals surface area (Å²) in [7, 11) is 2.78. The predicted molar refractivity (Wildman–Crippen MR) is 92.2 cm³/mol. The lowest BCUT2D eigenvalue weighted by atomic mass is 9.96. The lowest BCUT2D eigenvalue weighted by molar-refractivity contribution is -0.135. The van der Waals surface area contributed by atoms with Crippen LogP contribution in [0.2, 0.25) is 0 Å². The number of amides is 3. The molecule has 136 valence electrons. The van der Waals surface area contributed by atoms with Gasteiger partial charge in [0.25, 0.3) is 11.8 Å². The van der Waals surface area contributed by atoms with Crippen LogP contribution in [0.25, 0.3) is 0 Å². The Balaban J connectivity index is 1.92. The summed E-state index contributed by atoms with van der Waals surface area (Å²) in [6.45, 7) is 0.0708. The van der Waals surface area contributed by atoms with Gasteiger partial charge in [0.05, 0.1) is 18.4 Å². The van der Waals surface area contributed by atoms with Crippen molar-refractivity contribution in [3.63, 3.8) is 0 Å². The number of hydrogen-bond acceptors (Lipinski definition) is 5. The van der Waals surface area contributed by atoms with Crippen LogP contribution in [0.4, 0.5) is 5.69 Å². The van der Waals surface area contributed by atoms with Crippen molar-refractivity contribution in [1.29, 1.82) is 0 Å². The Hall–Kier alpha value is -3.16. The molecular weight excluding hydrogens is 338 g/mol. The number of methoxy groups -OCH3 is 1. The van der Waals surface area contributed by atoms with Gasteiger partial charge in [0.2, 0.25) is 11.6 Å². The second-order valence-corrected chi connectivity index (χ2v) is 6.06. The molecule has 2 aliphatic rings. The number of fused-ring (bicyclic) bond motifs is 3. The van der Waals surface area contributed by atoms with Crippen molar-refractivity contribution in [3.05, 3.63) is 42.0 Å². The molecule has 0 saturated carbocycles. The Kier molecular flexibility index (Phi) is 4.50. The molecule has 8 nitrogen and oxygen atoms in total. The molecule has 0 bridgehead atoms. The number of nitrogens with zero attached hydrogens (tertiary/aromatic N) is 2. The van der Waals surface area contributed by atoms with E-state index in [9.17, 15) is 19.2 Å². The zero-order chi connectivity index (χ0) is 18.9. The quantitative estimate of drug-likeness (QED) is 0.623. The molecular formula is C18H19N3O5. The van der Waals surface area contributed by atoms with Crippen LogP contribution in [0.15, 0.2) is 36.4 Å². The topological polar surface area (TPSA) is 96.0 Å². The third kappa shape index (κ3) is 2.54. The van der Waals surface area contributed by atoms with Crippen LogP contribution in [-0.4, -0.2) is 55.0 Å². The molecule has 0 spiro atoms. The van der Waals surface area contributed by atoms with E-state index in [1.807, 2.05) is 0 Å². The van der Waals surface area contributed by atoms with Crippen LogP contribution in [0.3, 0.4) is 0 Å². The van der Waals surface area contributed by atoms with Gasteiger partial charge in [-0.15, -0.1) is 0 Å². The van der Waals surface area contributed by atoms with Crippen LogP contribution in [0.1, 0.15) is 23.2 Å². The summed E-state index contributed by atoms with van der Waals surface area (Å²) in [4.78, 5) is 52.1. The van der Waals surface area contributed by atoms with E-state index in [-0.39, 0.29) is 31.2 Å². The molecule has 1 atom stereocenters. The van der Waals surface area contributed by atoms with Gasteiger partial charge in [-0.1, -0.05) is 18.2 Å². The molecule has 1 fully saturated rings. The number of benzene rings is 1. The zero-order valence-corrected chi connectivity index (χ0v) is 14.5. The average Bonchev–Trinajstić information content (AvgIpc) is 3.01. The highest BCUT2D eigenvalue weighted by molar-refractivity contribution is 6.16. The van der Waals surface area contributed by atoms with E-state index in [1.54, 1.807) is 24.3 Å². The van der Waals surface area contributed by atoms with Gasteiger partial charge in [-0.25, -0.2) is 4.79 Å². The van der Waals surface area contributed by atoms with Crippen molar-refractivity contribution in [2.24, 2.45) is 0 Å². The molecule has 0 aliphatic carbocycles. The third-order valence-electron chi connectivity index (χ3n) is 4.74. The molecule has 8 heteroatoms. The standard InChI is InChI=1S/C18H19N3O5/c1-20-16(24)12-6-3-4-7-13(12)21-14(22)9-10-18(20,21)17(25)19-11-5-8-15(23)26-2/h3-8H,9-11H2,1-2H3,(H,19,25)/b8-5+. The Morgan fingerprint density at radius 1 is 1.31 bits per heavy atom. The molecule has 0 aromatic heterocycles. The lowest BCUT2D eigenvalue weighted by Crippen LogP contribution is -2.69. The molecule has 1 N–H and O–H groups in total. The van der Waals surface area contributed by atoms with Gasteiger partial charge in [0, 0.05) is 32.5 Å². The Morgan fingerprint density at radius 3 is 2.77 bits per heavy atom. The lowest BCUT2D eigenvalue weighted by Gasteiger charge is -2.47. The van der Waals surface area contributed by atoms with Crippen LogP contribution >= 0.6 is 0 Å². The van der Waals surface area contributed by atoms with Crippen molar-refractivity contribution >= 4 is 29.4 Å². The SMILES string of the molecule is COC(=O)/C=C/CNC(=O)C12CCC(=O)N1c1ccccc1C(=O)N2C. The molecule has 1 aromatic carbocycles. The Labute approximate surface area is 150 Å². The minimum atomic E-state index is -1.40. The third-order valence-corrected chi connectivity index (χ3v) is 4.74. The van der Waals surface area contributed by atoms with Crippen molar-refractivity contribution in [2.75, 3.05) is 25.6 Å². The largest absolute Gasteiger partial charge is 0.466 e. The summed E-state index contributed by atoms with van der Waals surface area (Å²) in [5.74, 6) is -1.53. The van der Waals surface area contributed by atoms with Crippen LogP contribution < -0.4 is 10.2 Å². The maximum absolute atomic E-state index is 13.0. The highest BCUT2D eigenvalue weighted by Gasteiger charge is 2.59. The molecule has 2 heterocycles. The number of ether oxygens (including phenoxy) is 1. The summed E-state index contributed by atoms with van der Waals surface area (Å²) < 4.78 is 4.48. The summed E-state index contributed by atoms with van der Waals surface area (Å²) in [6.07, 6.45) is 3.01. The summed E-state index contributed by atoms with van der Waals surface area (Å²) in [5.41, 5.74) is -0.570. The smallest absolute Gasteiger partial charge is 0.330 e. The molecule has 3 amide bonds. The van der Waals surface area contributed by atoms with E-state index in [0.717, 1.165) is 0 Å². The Bertz CT molecular complexity index is 819.